The van der Waals surface area contributed by atoms with Crippen LogP contribution in [0.3, 0.4) is 0 Å². The SMILES string of the molecule is CCOC(=O)C1CC2CN(C(=O)c3ccccc3)CC(C1)C2=O. The van der Waals surface area contributed by atoms with Gasteiger partial charge in [0.25, 0.3) is 5.91 Å². The number of esters is 1. The fraction of sp³-hybridized carbons (Fsp3) is 0.500. The number of fused-ring (bicyclic) bond motifs is 2. The predicted molar refractivity (Wildman–Crippen MR) is 83.7 cm³/mol. The minimum Gasteiger partial charge on any atom is -0.466 e. The van der Waals surface area contributed by atoms with Crippen molar-refractivity contribution >= 4 is 17.7 Å². The monoisotopic (exact) mass is 315 g/mol. The summed E-state index contributed by atoms with van der Waals surface area (Å²) in [5.41, 5.74) is 0.641. The molecule has 0 radical (unpaired) electrons. The molecule has 2 aliphatic rings. The number of likely N-dealkylation sites (tertiary alicyclic amines) is 1. The number of ketones is 1. The predicted octanol–water partition coefficient (Wildman–Crippen LogP) is 1.92. The fourth-order valence-electron chi connectivity index (χ4n) is 3.67. The second-order valence-electron chi connectivity index (χ2n) is 6.29. The maximum Gasteiger partial charge on any atom is 0.308 e. The van der Waals surface area contributed by atoms with Crippen LogP contribution in [-0.4, -0.2) is 42.3 Å². The molecule has 1 amide bonds. The average molecular weight is 315 g/mol. The van der Waals surface area contributed by atoms with Crippen LogP contribution in [0.15, 0.2) is 30.3 Å². The zero-order chi connectivity index (χ0) is 16.4. The van der Waals surface area contributed by atoms with Crippen molar-refractivity contribution in [3.8, 4) is 0 Å². The number of amides is 1. The van der Waals surface area contributed by atoms with Crippen LogP contribution in [0.1, 0.15) is 30.1 Å². The van der Waals surface area contributed by atoms with Gasteiger partial charge in [-0.1, -0.05) is 18.2 Å². The van der Waals surface area contributed by atoms with Crippen LogP contribution in [0.2, 0.25) is 0 Å². The summed E-state index contributed by atoms with van der Waals surface area (Å²) in [6.45, 7) is 2.95. The van der Waals surface area contributed by atoms with Crippen molar-refractivity contribution in [3.05, 3.63) is 35.9 Å². The van der Waals surface area contributed by atoms with Gasteiger partial charge in [-0.3, -0.25) is 14.4 Å². The molecule has 0 spiro atoms. The van der Waals surface area contributed by atoms with Gasteiger partial charge in [0.2, 0.25) is 0 Å². The van der Waals surface area contributed by atoms with Crippen molar-refractivity contribution in [2.24, 2.45) is 17.8 Å². The Hall–Kier alpha value is -2.17. The topological polar surface area (TPSA) is 63.7 Å². The van der Waals surface area contributed by atoms with Crippen molar-refractivity contribution < 1.29 is 19.1 Å². The van der Waals surface area contributed by atoms with Gasteiger partial charge >= 0.3 is 5.97 Å². The van der Waals surface area contributed by atoms with E-state index in [1.807, 2.05) is 18.2 Å². The van der Waals surface area contributed by atoms with Crippen molar-refractivity contribution in [2.45, 2.75) is 19.8 Å². The van der Waals surface area contributed by atoms with E-state index in [1.54, 1.807) is 24.0 Å². The molecule has 0 aromatic heterocycles. The molecule has 122 valence electrons. The number of nitrogens with zero attached hydrogens (tertiary/aromatic N) is 1. The molecule has 1 aromatic carbocycles. The van der Waals surface area contributed by atoms with Crippen molar-refractivity contribution in [1.29, 1.82) is 0 Å². The molecule has 1 aliphatic carbocycles. The third-order valence-electron chi connectivity index (χ3n) is 4.75. The van der Waals surface area contributed by atoms with Gasteiger partial charge in [0, 0.05) is 30.5 Å². The second-order valence-corrected chi connectivity index (χ2v) is 6.29. The summed E-state index contributed by atoms with van der Waals surface area (Å²) < 4.78 is 5.09. The average Bonchev–Trinajstić information content (AvgIpc) is 2.55. The number of ether oxygens (including phenoxy) is 1. The lowest BCUT2D eigenvalue weighted by Crippen LogP contribution is -2.53. The van der Waals surface area contributed by atoms with Crippen LogP contribution in [0, 0.1) is 17.8 Å². The van der Waals surface area contributed by atoms with E-state index in [0.29, 0.717) is 38.1 Å². The summed E-state index contributed by atoms with van der Waals surface area (Å²) >= 11 is 0. The minimum absolute atomic E-state index is 0.0392. The molecule has 2 bridgehead atoms. The fourth-order valence-corrected chi connectivity index (χ4v) is 3.67. The third kappa shape index (κ3) is 3.14. The minimum atomic E-state index is -0.246. The molecular formula is C18H21NO4. The molecule has 2 unspecified atom stereocenters. The van der Waals surface area contributed by atoms with Crippen molar-refractivity contribution in [2.75, 3.05) is 19.7 Å². The van der Waals surface area contributed by atoms with E-state index in [4.69, 9.17) is 4.74 Å². The Balaban J connectivity index is 1.71. The Labute approximate surface area is 135 Å². The third-order valence-corrected chi connectivity index (χ3v) is 4.75. The maximum atomic E-state index is 12.6. The molecular weight excluding hydrogens is 294 g/mol. The molecule has 1 saturated heterocycles. The van der Waals surface area contributed by atoms with Crippen LogP contribution < -0.4 is 0 Å². The zero-order valence-corrected chi connectivity index (χ0v) is 13.2. The summed E-state index contributed by atoms with van der Waals surface area (Å²) in [6.07, 6.45) is 0.986. The van der Waals surface area contributed by atoms with E-state index in [0.717, 1.165) is 0 Å². The highest BCUT2D eigenvalue weighted by atomic mass is 16.5. The van der Waals surface area contributed by atoms with E-state index < -0.39 is 0 Å². The first kappa shape index (κ1) is 15.7. The largest absolute Gasteiger partial charge is 0.466 e. The Kier molecular flexibility index (Phi) is 4.46. The quantitative estimate of drug-likeness (QED) is 0.799. The van der Waals surface area contributed by atoms with E-state index in [9.17, 15) is 14.4 Å². The first-order valence-corrected chi connectivity index (χ1v) is 8.14. The lowest BCUT2D eigenvalue weighted by Gasteiger charge is -2.42. The van der Waals surface area contributed by atoms with E-state index in [1.165, 1.54) is 0 Å². The number of hydrogen-bond acceptors (Lipinski definition) is 4. The van der Waals surface area contributed by atoms with Gasteiger partial charge in [0.15, 0.2) is 0 Å². The molecule has 2 atom stereocenters. The number of benzene rings is 1. The lowest BCUT2D eigenvalue weighted by atomic mass is 9.71. The van der Waals surface area contributed by atoms with Gasteiger partial charge in [-0.15, -0.1) is 0 Å². The lowest BCUT2D eigenvalue weighted by molar-refractivity contribution is -0.153. The Morgan fingerprint density at radius 2 is 1.74 bits per heavy atom. The smallest absolute Gasteiger partial charge is 0.308 e. The van der Waals surface area contributed by atoms with Gasteiger partial charge in [-0.05, 0) is 31.9 Å². The molecule has 5 nitrogen and oxygen atoms in total. The molecule has 0 N–H and O–H groups in total. The summed E-state index contributed by atoms with van der Waals surface area (Å²) in [5, 5.41) is 0. The molecule has 23 heavy (non-hydrogen) atoms. The summed E-state index contributed by atoms with van der Waals surface area (Å²) in [4.78, 5) is 38.6. The van der Waals surface area contributed by atoms with Crippen LogP contribution in [0.4, 0.5) is 0 Å². The van der Waals surface area contributed by atoms with E-state index >= 15 is 0 Å². The molecule has 2 fully saturated rings. The van der Waals surface area contributed by atoms with E-state index in [2.05, 4.69) is 0 Å². The molecule has 1 aromatic rings. The number of piperidine rings is 1. The highest BCUT2D eigenvalue weighted by molar-refractivity contribution is 5.96. The zero-order valence-electron chi connectivity index (χ0n) is 13.2. The second kappa shape index (κ2) is 6.52. The summed E-state index contributed by atoms with van der Waals surface area (Å²) in [6, 6.07) is 9.11. The number of Topliss-reactive ketones (excluding diaryl/α,β-unsaturated/α-hetero) is 1. The van der Waals surface area contributed by atoms with Crippen molar-refractivity contribution in [3.63, 3.8) is 0 Å². The number of hydrogen-bond donors (Lipinski definition) is 0. The van der Waals surface area contributed by atoms with Gasteiger partial charge in [0.1, 0.15) is 5.78 Å². The van der Waals surface area contributed by atoms with Crippen LogP contribution in [0.25, 0.3) is 0 Å². The Morgan fingerprint density at radius 1 is 1.13 bits per heavy atom. The standard InChI is InChI=1S/C18H21NO4/c1-2-23-18(22)13-8-14-10-19(11-15(9-13)16(14)20)17(21)12-6-4-3-5-7-12/h3-7,13-15H,2,8-11H2,1H3. The highest BCUT2D eigenvalue weighted by Gasteiger charge is 2.45. The molecule has 3 rings (SSSR count). The maximum absolute atomic E-state index is 12.6. The van der Waals surface area contributed by atoms with Crippen molar-refractivity contribution in [1.82, 2.24) is 4.90 Å². The number of carbonyl (C=O) groups is 3. The first-order valence-electron chi connectivity index (χ1n) is 8.14. The van der Waals surface area contributed by atoms with Gasteiger partial charge in [-0.2, -0.15) is 0 Å². The molecule has 1 saturated carbocycles. The normalized spacial score (nSPS) is 26.7. The molecule has 1 heterocycles. The molecule has 1 aliphatic heterocycles. The highest BCUT2D eigenvalue weighted by Crippen LogP contribution is 2.36. The molecule has 5 heteroatoms. The van der Waals surface area contributed by atoms with Crippen LogP contribution in [-0.2, 0) is 14.3 Å². The first-order chi connectivity index (χ1) is 11.1. The summed E-state index contributed by atoms with van der Waals surface area (Å²) in [7, 11) is 0. The number of carbonyl (C=O) groups excluding carboxylic acids is 3. The van der Waals surface area contributed by atoms with Crippen LogP contribution >= 0.6 is 0 Å². The van der Waals surface area contributed by atoms with Crippen LogP contribution in [0.5, 0.6) is 0 Å². The van der Waals surface area contributed by atoms with E-state index in [-0.39, 0.29) is 35.4 Å². The summed E-state index contributed by atoms with van der Waals surface area (Å²) in [5.74, 6) is -0.756. The Morgan fingerprint density at radius 3 is 2.30 bits per heavy atom. The van der Waals surface area contributed by atoms with Gasteiger partial charge in [0.05, 0.1) is 12.5 Å². The number of rotatable bonds is 3. The van der Waals surface area contributed by atoms with Gasteiger partial charge < -0.3 is 9.64 Å². The van der Waals surface area contributed by atoms with Gasteiger partial charge in [-0.25, -0.2) is 0 Å². The Bertz CT molecular complexity index is 595.